The zero-order valence-corrected chi connectivity index (χ0v) is 9.59. The molecule has 3 nitrogen and oxygen atoms in total. The molecule has 0 bridgehead atoms. The molecule has 1 saturated carbocycles. The van der Waals surface area contributed by atoms with Gasteiger partial charge in [-0.25, -0.2) is 12.7 Å². The Hall–Kier alpha value is -0.0900. The Morgan fingerprint density at radius 1 is 1.29 bits per heavy atom. The fourth-order valence-corrected chi connectivity index (χ4v) is 4.12. The second-order valence-corrected chi connectivity index (χ2v) is 6.73. The third-order valence-corrected chi connectivity index (χ3v) is 5.73. The Morgan fingerprint density at radius 3 is 2.57 bits per heavy atom. The minimum atomic E-state index is -2.90. The van der Waals surface area contributed by atoms with E-state index >= 15 is 0 Å². The van der Waals surface area contributed by atoms with Crippen LogP contribution in [0.3, 0.4) is 0 Å². The minimum Gasteiger partial charge on any atom is -0.212 e. The van der Waals surface area contributed by atoms with Gasteiger partial charge in [-0.1, -0.05) is 13.3 Å². The lowest BCUT2D eigenvalue weighted by Gasteiger charge is -2.31. The third-order valence-electron chi connectivity index (χ3n) is 3.36. The minimum absolute atomic E-state index is 0.0295. The number of hydrogen-bond acceptors (Lipinski definition) is 2. The molecule has 0 unspecified atom stereocenters. The summed E-state index contributed by atoms with van der Waals surface area (Å²) in [6, 6.07) is 0. The van der Waals surface area contributed by atoms with Crippen molar-refractivity contribution >= 4 is 10.0 Å². The van der Waals surface area contributed by atoms with Gasteiger partial charge in [-0.3, -0.25) is 0 Å². The summed E-state index contributed by atoms with van der Waals surface area (Å²) in [4.78, 5) is 0. The first-order valence-electron chi connectivity index (χ1n) is 5.63. The molecule has 82 valence electrons. The Morgan fingerprint density at radius 2 is 2.00 bits per heavy atom. The van der Waals surface area contributed by atoms with Gasteiger partial charge in [0, 0.05) is 13.1 Å². The summed E-state index contributed by atoms with van der Waals surface area (Å²) in [5.74, 6) is 0.595. The quantitative estimate of drug-likeness (QED) is 0.720. The lowest BCUT2D eigenvalue weighted by atomic mass is 9.97. The van der Waals surface area contributed by atoms with Crippen molar-refractivity contribution in [2.75, 3.05) is 13.1 Å². The van der Waals surface area contributed by atoms with Crippen LogP contribution in [0.5, 0.6) is 0 Å². The van der Waals surface area contributed by atoms with Crippen molar-refractivity contribution in [1.29, 1.82) is 0 Å². The van der Waals surface area contributed by atoms with Gasteiger partial charge in [-0.05, 0) is 31.6 Å². The normalized spacial score (nSPS) is 30.5. The number of piperidine rings is 1. The molecule has 0 spiro atoms. The second-order valence-electron chi connectivity index (χ2n) is 4.52. The van der Waals surface area contributed by atoms with Gasteiger partial charge < -0.3 is 0 Å². The highest BCUT2D eigenvalue weighted by molar-refractivity contribution is 7.90. The monoisotopic (exact) mass is 217 g/mol. The van der Waals surface area contributed by atoms with Gasteiger partial charge in [-0.2, -0.15) is 0 Å². The van der Waals surface area contributed by atoms with Crippen LogP contribution in [-0.4, -0.2) is 31.1 Å². The summed E-state index contributed by atoms with van der Waals surface area (Å²) in [5, 5.41) is -0.0295. The maximum Gasteiger partial charge on any atom is 0.216 e. The second kappa shape index (κ2) is 3.81. The molecule has 2 rings (SSSR count). The molecule has 1 atom stereocenters. The van der Waals surface area contributed by atoms with Crippen LogP contribution in [0.15, 0.2) is 0 Å². The molecule has 0 N–H and O–H groups in total. The summed E-state index contributed by atoms with van der Waals surface area (Å²) >= 11 is 0. The van der Waals surface area contributed by atoms with E-state index < -0.39 is 10.0 Å². The first-order valence-corrected chi connectivity index (χ1v) is 7.14. The van der Waals surface area contributed by atoms with Crippen LogP contribution in [0, 0.1) is 5.92 Å². The van der Waals surface area contributed by atoms with Crippen LogP contribution in [0.1, 0.15) is 39.0 Å². The van der Waals surface area contributed by atoms with Gasteiger partial charge in [0.05, 0.1) is 5.25 Å². The molecule has 0 aromatic rings. The van der Waals surface area contributed by atoms with Gasteiger partial charge in [0.15, 0.2) is 0 Å². The molecule has 1 saturated heterocycles. The van der Waals surface area contributed by atoms with Gasteiger partial charge in [0.2, 0.25) is 10.0 Å². The lowest BCUT2D eigenvalue weighted by Crippen LogP contribution is -2.41. The fraction of sp³-hybridized carbons (Fsp3) is 1.00. The summed E-state index contributed by atoms with van der Waals surface area (Å²) < 4.78 is 25.6. The Balaban J connectivity index is 2.03. The van der Waals surface area contributed by atoms with E-state index in [0.717, 1.165) is 38.8 Å². The standard InChI is InChI=1S/C10H19NO2S/c1-2-9-4-3-7-11(8-9)14(12,13)10-5-6-10/h9-10H,2-8H2,1H3/t9-/m1/s1. The van der Waals surface area contributed by atoms with Crippen LogP contribution in [0.4, 0.5) is 0 Å². The predicted octanol–water partition coefficient (Wildman–Crippen LogP) is 1.60. The first-order chi connectivity index (χ1) is 6.64. The average Bonchev–Trinajstić information content (AvgIpc) is 3.01. The molecule has 1 aliphatic carbocycles. The molecule has 4 heteroatoms. The number of hydrogen-bond donors (Lipinski definition) is 0. The first kappa shape index (κ1) is 10.4. The van der Waals surface area contributed by atoms with Crippen LogP contribution in [0.2, 0.25) is 0 Å². The molecule has 0 amide bonds. The molecular weight excluding hydrogens is 198 g/mol. The topological polar surface area (TPSA) is 37.4 Å². The molecule has 2 aliphatic rings. The molecule has 0 aromatic heterocycles. The lowest BCUT2D eigenvalue weighted by molar-refractivity contribution is 0.261. The van der Waals surface area contributed by atoms with E-state index in [1.807, 2.05) is 0 Å². The zero-order chi connectivity index (χ0) is 10.2. The van der Waals surface area contributed by atoms with E-state index in [0.29, 0.717) is 5.92 Å². The van der Waals surface area contributed by atoms with Crippen LogP contribution >= 0.6 is 0 Å². The van der Waals surface area contributed by atoms with Gasteiger partial charge >= 0.3 is 0 Å². The largest absolute Gasteiger partial charge is 0.216 e. The Kier molecular flexibility index (Phi) is 2.84. The van der Waals surface area contributed by atoms with Crippen LogP contribution in [-0.2, 0) is 10.0 Å². The Bertz CT molecular complexity index is 295. The SMILES string of the molecule is CC[C@@H]1CCCN(S(=O)(=O)C2CC2)C1. The maximum atomic E-state index is 11.9. The number of nitrogens with zero attached hydrogens (tertiary/aromatic N) is 1. The molecule has 0 radical (unpaired) electrons. The summed E-state index contributed by atoms with van der Waals surface area (Å²) in [7, 11) is -2.90. The van der Waals surface area contributed by atoms with Crippen molar-refractivity contribution in [3.8, 4) is 0 Å². The van der Waals surface area contributed by atoms with Gasteiger partial charge in [0.25, 0.3) is 0 Å². The fourth-order valence-electron chi connectivity index (χ4n) is 2.17. The number of rotatable bonds is 3. The van der Waals surface area contributed by atoms with Crippen molar-refractivity contribution < 1.29 is 8.42 Å². The molecule has 1 aliphatic heterocycles. The highest BCUT2D eigenvalue weighted by Crippen LogP contribution is 2.33. The number of sulfonamides is 1. The smallest absolute Gasteiger partial charge is 0.212 e. The van der Waals surface area contributed by atoms with E-state index in [1.165, 1.54) is 6.42 Å². The summed E-state index contributed by atoms with van der Waals surface area (Å²) in [5.41, 5.74) is 0. The molecular formula is C10H19NO2S. The molecule has 1 heterocycles. The van der Waals surface area contributed by atoms with E-state index in [4.69, 9.17) is 0 Å². The van der Waals surface area contributed by atoms with Crippen molar-refractivity contribution in [1.82, 2.24) is 4.31 Å². The van der Waals surface area contributed by atoms with E-state index in [-0.39, 0.29) is 5.25 Å². The third kappa shape index (κ3) is 1.96. The molecule has 14 heavy (non-hydrogen) atoms. The van der Waals surface area contributed by atoms with E-state index in [9.17, 15) is 8.42 Å². The van der Waals surface area contributed by atoms with E-state index in [1.54, 1.807) is 4.31 Å². The molecule has 2 fully saturated rings. The van der Waals surface area contributed by atoms with Crippen molar-refractivity contribution in [2.24, 2.45) is 5.92 Å². The highest BCUT2D eigenvalue weighted by atomic mass is 32.2. The van der Waals surface area contributed by atoms with Crippen molar-refractivity contribution in [2.45, 2.75) is 44.3 Å². The van der Waals surface area contributed by atoms with Gasteiger partial charge in [-0.15, -0.1) is 0 Å². The molecule has 0 aromatic carbocycles. The Labute approximate surface area is 86.5 Å². The summed E-state index contributed by atoms with van der Waals surface area (Å²) in [6.45, 7) is 3.68. The van der Waals surface area contributed by atoms with Crippen molar-refractivity contribution in [3.05, 3.63) is 0 Å². The zero-order valence-electron chi connectivity index (χ0n) is 8.78. The van der Waals surface area contributed by atoms with Crippen LogP contribution in [0.25, 0.3) is 0 Å². The van der Waals surface area contributed by atoms with Crippen molar-refractivity contribution in [3.63, 3.8) is 0 Å². The van der Waals surface area contributed by atoms with Crippen LogP contribution < -0.4 is 0 Å². The summed E-state index contributed by atoms with van der Waals surface area (Å²) in [6.07, 6.45) is 5.12. The maximum absolute atomic E-state index is 11.9. The van der Waals surface area contributed by atoms with E-state index in [2.05, 4.69) is 6.92 Å². The average molecular weight is 217 g/mol. The highest BCUT2D eigenvalue weighted by Gasteiger charge is 2.41. The van der Waals surface area contributed by atoms with Gasteiger partial charge in [0.1, 0.15) is 0 Å². The predicted molar refractivity (Wildman–Crippen MR) is 56.5 cm³/mol.